The molecule has 2 aromatic rings. The van der Waals surface area contributed by atoms with Gasteiger partial charge in [-0.2, -0.15) is 0 Å². The molecule has 0 aliphatic carbocycles. The van der Waals surface area contributed by atoms with Crippen molar-refractivity contribution in [2.24, 2.45) is 0 Å². The number of carbonyl (C=O) groups excluding carboxylic acids is 1. The van der Waals surface area contributed by atoms with Gasteiger partial charge in [-0.3, -0.25) is 4.79 Å². The van der Waals surface area contributed by atoms with E-state index < -0.39 is 0 Å². The van der Waals surface area contributed by atoms with Crippen LogP contribution in [0.5, 0.6) is 0 Å². The van der Waals surface area contributed by atoms with Crippen LogP contribution in [0.2, 0.25) is 0 Å². The van der Waals surface area contributed by atoms with E-state index in [0.717, 1.165) is 11.3 Å². The van der Waals surface area contributed by atoms with Gasteiger partial charge in [-0.15, -0.1) is 0 Å². The maximum atomic E-state index is 12.1. The Morgan fingerprint density at radius 3 is 2.63 bits per heavy atom. The maximum absolute atomic E-state index is 12.1. The molecule has 0 bridgehead atoms. The number of nitrogens with one attached hydrogen (secondary N) is 1. The highest BCUT2D eigenvalue weighted by Gasteiger charge is 2.13. The molecule has 0 saturated heterocycles. The van der Waals surface area contributed by atoms with E-state index in [0.29, 0.717) is 15.3 Å². The fourth-order valence-corrected chi connectivity index (χ4v) is 2.15. The van der Waals surface area contributed by atoms with E-state index >= 15 is 0 Å². The molecule has 0 fully saturated rings. The first-order valence-corrected chi connectivity index (χ1v) is 7.56. The summed E-state index contributed by atoms with van der Waals surface area (Å²) in [6, 6.07) is 7.60. The van der Waals surface area contributed by atoms with Gasteiger partial charge in [0, 0.05) is 11.9 Å². The predicted molar refractivity (Wildman–Crippen MR) is 80.6 cm³/mol. The van der Waals surface area contributed by atoms with Gasteiger partial charge in [0.15, 0.2) is 5.16 Å². The molecule has 0 unspecified atom stereocenters. The Labute approximate surface area is 124 Å². The molecule has 2 rings (SSSR count). The summed E-state index contributed by atoms with van der Waals surface area (Å²) in [6.45, 7) is 2.00. The Kier molecular flexibility index (Phi) is 4.55. The average Bonchev–Trinajstić information content (AvgIpc) is 2.42. The monoisotopic (exact) mass is 337 g/mol. The third-order valence-corrected chi connectivity index (χ3v) is 3.57. The lowest BCUT2D eigenvalue weighted by atomic mass is 10.2. The van der Waals surface area contributed by atoms with Crippen LogP contribution in [0.15, 0.2) is 40.1 Å². The van der Waals surface area contributed by atoms with Crippen molar-refractivity contribution in [2.45, 2.75) is 12.1 Å². The number of anilines is 1. The number of amides is 1. The second-order valence-electron chi connectivity index (χ2n) is 3.87. The van der Waals surface area contributed by atoms with Crippen molar-refractivity contribution in [3.63, 3.8) is 0 Å². The summed E-state index contributed by atoms with van der Waals surface area (Å²) in [7, 11) is 0. The molecule has 0 atom stereocenters. The van der Waals surface area contributed by atoms with Crippen LogP contribution in [0.25, 0.3) is 0 Å². The van der Waals surface area contributed by atoms with Crippen LogP contribution in [0.3, 0.4) is 0 Å². The topological polar surface area (TPSA) is 54.9 Å². The van der Waals surface area contributed by atoms with Crippen molar-refractivity contribution < 1.29 is 4.79 Å². The van der Waals surface area contributed by atoms with Gasteiger partial charge in [0.05, 0.1) is 4.47 Å². The van der Waals surface area contributed by atoms with Gasteiger partial charge in [0.25, 0.3) is 5.91 Å². The third-order valence-electron chi connectivity index (χ3n) is 2.43. The van der Waals surface area contributed by atoms with Crippen LogP contribution in [0, 0.1) is 6.92 Å². The molecular formula is C13H12BrN3OS. The van der Waals surface area contributed by atoms with Gasteiger partial charge in [0.2, 0.25) is 0 Å². The van der Waals surface area contributed by atoms with Crippen molar-refractivity contribution in [3.8, 4) is 0 Å². The largest absolute Gasteiger partial charge is 0.321 e. The SMILES string of the molecule is CSc1ncc(Br)c(C(=O)Nc2ccc(C)cc2)n1. The second-order valence-corrected chi connectivity index (χ2v) is 5.50. The molecule has 0 saturated carbocycles. The van der Waals surface area contributed by atoms with E-state index in [1.165, 1.54) is 11.8 Å². The van der Waals surface area contributed by atoms with E-state index in [1.807, 2.05) is 37.4 Å². The van der Waals surface area contributed by atoms with Crippen molar-refractivity contribution in [1.29, 1.82) is 0 Å². The number of halogens is 1. The number of aryl methyl sites for hydroxylation is 1. The number of benzene rings is 1. The van der Waals surface area contributed by atoms with Crippen molar-refractivity contribution in [2.75, 3.05) is 11.6 Å². The summed E-state index contributed by atoms with van der Waals surface area (Å²) in [5.74, 6) is -0.256. The maximum Gasteiger partial charge on any atom is 0.275 e. The number of aromatic nitrogens is 2. The minimum Gasteiger partial charge on any atom is -0.321 e. The standard InChI is InChI=1S/C13H12BrN3OS/c1-8-3-5-9(6-4-8)16-12(18)11-10(14)7-15-13(17-11)19-2/h3-7H,1-2H3,(H,16,18). The fourth-order valence-electron chi connectivity index (χ4n) is 1.44. The first-order chi connectivity index (χ1) is 9.10. The van der Waals surface area contributed by atoms with Gasteiger partial charge in [-0.05, 0) is 41.2 Å². The zero-order valence-corrected chi connectivity index (χ0v) is 12.9. The van der Waals surface area contributed by atoms with Crippen LogP contribution >= 0.6 is 27.7 Å². The molecule has 0 aliphatic heterocycles. The van der Waals surface area contributed by atoms with Crippen LogP contribution in [0.4, 0.5) is 5.69 Å². The van der Waals surface area contributed by atoms with Gasteiger partial charge < -0.3 is 5.32 Å². The molecule has 1 aromatic heterocycles. The summed E-state index contributed by atoms with van der Waals surface area (Å²) >= 11 is 4.68. The Balaban J connectivity index is 2.22. The molecule has 6 heteroatoms. The highest BCUT2D eigenvalue weighted by molar-refractivity contribution is 9.10. The van der Waals surface area contributed by atoms with Crippen molar-refractivity contribution in [1.82, 2.24) is 9.97 Å². The van der Waals surface area contributed by atoms with E-state index in [4.69, 9.17) is 0 Å². The third kappa shape index (κ3) is 3.54. The summed E-state index contributed by atoms with van der Waals surface area (Å²) in [5, 5.41) is 3.38. The molecule has 0 spiro atoms. The van der Waals surface area contributed by atoms with Gasteiger partial charge in [-0.25, -0.2) is 9.97 Å². The van der Waals surface area contributed by atoms with Gasteiger partial charge in [-0.1, -0.05) is 29.5 Å². The lowest BCUT2D eigenvalue weighted by Gasteiger charge is -2.07. The molecule has 1 N–H and O–H groups in total. The normalized spacial score (nSPS) is 10.3. The molecule has 4 nitrogen and oxygen atoms in total. The first-order valence-electron chi connectivity index (χ1n) is 5.54. The Morgan fingerprint density at radius 2 is 2.00 bits per heavy atom. The van der Waals surface area contributed by atoms with Gasteiger partial charge >= 0.3 is 0 Å². The van der Waals surface area contributed by atoms with Crippen molar-refractivity contribution >= 4 is 39.3 Å². The molecule has 98 valence electrons. The van der Waals surface area contributed by atoms with Crippen molar-refractivity contribution in [3.05, 3.63) is 46.2 Å². The quantitative estimate of drug-likeness (QED) is 0.687. The van der Waals surface area contributed by atoms with Gasteiger partial charge in [0.1, 0.15) is 5.69 Å². The lowest BCUT2D eigenvalue weighted by Crippen LogP contribution is -2.15. The van der Waals surface area contributed by atoms with E-state index in [-0.39, 0.29) is 5.91 Å². The number of hydrogen-bond acceptors (Lipinski definition) is 4. The summed E-state index contributed by atoms with van der Waals surface area (Å²) < 4.78 is 0.579. The highest BCUT2D eigenvalue weighted by Crippen LogP contribution is 2.18. The summed E-state index contributed by atoms with van der Waals surface area (Å²) in [6.07, 6.45) is 3.45. The minimum atomic E-state index is -0.256. The number of thioether (sulfide) groups is 1. The van der Waals surface area contributed by atoms with E-state index in [1.54, 1.807) is 6.20 Å². The molecular weight excluding hydrogens is 326 g/mol. The van der Waals surface area contributed by atoms with E-state index in [2.05, 4.69) is 31.2 Å². The molecule has 19 heavy (non-hydrogen) atoms. The van der Waals surface area contributed by atoms with Crippen LogP contribution in [0.1, 0.15) is 16.1 Å². The number of hydrogen-bond donors (Lipinski definition) is 1. The predicted octanol–water partition coefficient (Wildman–Crippen LogP) is 3.52. The molecule has 1 aromatic carbocycles. The molecule has 1 heterocycles. The Bertz CT molecular complexity index is 601. The molecule has 0 radical (unpaired) electrons. The number of nitrogens with zero attached hydrogens (tertiary/aromatic N) is 2. The smallest absolute Gasteiger partial charge is 0.275 e. The second kappa shape index (κ2) is 6.16. The van der Waals surface area contributed by atoms with Crippen LogP contribution in [-0.2, 0) is 0 Å². The number of carbonyl (C=O) groups is 1. The summed E-state index contributed by atoms with van der Waals surface area (Å²) in [4.78, 5) is 20.4. The zero-order chi connectivity index (χ0) is 13.8. The lowest BCUT2D eigenvalue weighted by molar-refractivity contribution is 0.102. The van der Waals surface area contributed by atoms with Crippen LogP contribution < -0.4 is 5.32 Å². The average molecular weight is 338 g/mol. The molecule has 1 amide bonds. The first kappa shape index (κ1) is 14.0. The van der Waals surface area contributed by atoms with E-state index in [9.17, 15) is 4.79 Å². The Hall–Kier alpha value is -1.40. The fraction of sp³-hybridized carbons (Fsp3) is 0.154. The molecule has 0 aliphatic rings. The highest BCUT2D eigenvalue weighted by atomic mass is 79.9. The minimum absolute atomic E-state index is 0.256. The zero-order valence-electron chi connectivity index (χ0n) is 10.5. The Morgan fingerprint density at radius 1 is 1.32 bits per heavy atom. The van der Waals surface area contributed by atoms with Crippen LogP contribution in [-0.4, -0.2) is 22.1 Å². The number of rotatable bonds is 3. The summed E-state index contributed by atoms with van der Waals surface area (Å²) in [5.41, 5.74) is 2.22.